The van der Waals surface area contributed by atoms with Crippen LogP contribution in [0.2, 0.25) is 0 Å². The molecule has 0 spiro atoms. The normalized spacial score (nSPS) is 17.5. The summed E-state index contributed by atoms with van der Waals surface area (Å²) in [4.78, 5) is 24.3. The summed E-state index contributed by atoms with van der Waals surface area (Å²) in [6.07, 6.45) is 3.87. The summed E-state index contributed by atoms with van der Waals surface area (Å²) in [7, 11) is 0. The van der Waals surface area contributed by atoms with Gasteiger partial charge in [0.1, 0.15) is 29.6 Å². The van der Waals surface area contributed by atoms with E-state index in [4.69, 9.17) is 10.5 Å². The van der Waals surface area contributed by atoms with Gasteiger partial charge in [0.2, 0.25) is 0 Å². The van der Waals surface area contributed by atoms with Crippen LogP contribution in [0.25, 0.3) is 16.9 Å². The number of rotatable bonds is 3. The Morgan fingerprint density at radius 2 is 2.06 bits per heavy atom. The van der Waals surface area contributed by atoms with E-state index >= 15 is 0 Å². The molecule has 0 saturated carbocycles. The number of hydrazine groups is 1. The lowest BCUT2D eigenvalue weighted by Gasteiger charge is -2.27. The molecule has 2 aliphatic rings. The van der Waals surface area contributed by atoms with Crippen molar-refractivity contribution in [2.24, 2.45) is 5.73 Å². The third-order valence-electron chi connectivity index (χ3n) is 5.51. The zero-order valence-corrected chi connectivity index (χ0v) is 16.9. The van der Waals surface area contributed by atoms with Gasteiger partial charge in [-0.3, -0.25) is 14.3 Å². The van der Waals surface area contributed by atoms with Crippen molar-refractivity contribution in [2.75, 3.05) is 36.6 Å². The predicted octanol–water partition coefficient (Wildman–Crippen LogP) is 1.03. The highest BCUT2D eigenvalue weighted by Gasteiger charge is 2.29. The van der Waals surface area contributed by atoms with E-state index in [1.54, 1.807) is 12.4 Å². The molecule has 1 aromatic carbocycles. The van der Waals surface area contributed by atoms with Crippen LogP contribution in [-0.2, 0) is 4.74 Å². The number of hydrogen-bond donors (Lipinski definition) is 3. The molecule has 10 nitrogen and oxygen atoms in total. The predicted molar refractivity (Wildman–Crippen MR) is 114 cm³/mol. The Bertz CT molecular complexity index is 1280. The number of benzene rings is 1. The van der Waals surface area contributed by atoms with E-state index in [0.717, 1.165) is 17.7 Å². The minimum Gasteiger partial charge on any atom is -0.378 e. The summed E-state index contributed by atoms with van der Waals surface area (Å²) in [5.74, 6) is 0.0176. The molecule has 162 valence electrons. The molecule has 11 heteroatoms. The van der Waals surface area contributed by atoms with Crippen LogP contribution in [0, 0.1) is 17.1 Å². The van der Waals surface area contributed by atoms with E-state index in [-0.39, 0.29) is 16.8 Å². The smallest absolute Gasteiger partial charge is 0.263 e. The molecule has 4 heterocycles. The average Bonchev–Trinajstić information content (AvgIpc) is 3.22. The van der Waals surface area contributed by atoms with Crippen LogP contribution >= 0.6 is 0 Å². The number of nitrogens with one attached hydrogen (secondary N) is 2. The number of hydrogen-bond acceptors (Lipinski definition) is 9. The maximum Gasteiger partial charge on any atom is 0.263 e. The minimum atomic E-state index is -0.818. The van der Waals surface area contributed by atoms with Crippen LogP contribution in [0.15, 0.2) is 41.6 Å². The SMILES string of the molecule is N#Cc1cccc(F)c1-n1cc(-c2cnc(N3CCOCC3)cn2)c2c(c1=O)C(N)NN2. The van der Waals surface area contributed by atoms with Gasteiger partial charge in [0.15, 0.2) is 0 Å². The van der Waals surface area contributed by atoms with Crippen molar-refractivity contribution in [2.45, 2.75) is 6.17 Å². The van der Waals surface area contributed by atoms with E-state index in [1.807, 2.05) is 6.07 Å². The first-order chi connectivity index (χ1) is 15.6. The standard InChI is InChI=1S/C21H19FN8O2/c22-14-3-1-2-12(8-23)19(14)30-11-13(18-17(21(30)31)20(24)28-27-18)15-9-26-16(10-25-15)29-4-6-32-7-5-29/h1-3,9-11,20,27-28H,4-7,24H2. The average molecular weight is 434 g/mol. The summed E-state index contributed by atoms with van der Waals surface area (Å²) in [6, 6.07) is 6.00. The van der Waals surface area contributed by atoms with Crippen molar-refractivity contribution >= 4 is 11.5 Å². The van der Waals surface area contributed by atoms with Gasteiger partial charge < -0.3 is 20.8 Å². The second kappa shape index (κ2) is 8.01. The lowest BCUT2D eigenvalue weighted by molar-refractivity contribution is 0.122. The van der Waals surface area contributed by atoms with E-state index < -0.39 is 17.5 Å². The number of para-hydroxylation sites is 1. The van der Waals surface area contributed by atoms with Gasteiger partial charge in [0.25, 0.3) is 5.56 Å². The summed E-state index contributed by atoms with van der Waals surface area (Å²) in [5, 5.41) is 9.46. The molecule has 0 bridgehead atoms. The van der Waals surface area contributed by atoms with Crippen molar-refractivity contribution in [3.8, 4) is 23.0 Å². The molecule has 0 amide bonds. The van der Waals surface area contributed by atoms with Crippen LogP contribution < -0.4 is 27.0 Å². The van der Waals surface area contributed by atoms with Gasteiger partial charge >= 0.3 is 0 Å². The lowest BCUT2D eigenvalue weighted by atomic mass is 10.1. The molecule has 0 aliphatic carbocycles. The number of anilines is 2. The number of morpholine rings is 1. The highest BCUT2D eigenvalue weighted by molar-refractivity contribution is 5.79. The van der Waals surface area contributed by atoms with Crippen molar-refractivity contribution in [1.82, 2.24) is 20.0 Å². The maximum absolute atomic E-state index is 14.7. The number of nitrogens with two attached hydrogens (primary N) is 1. The third-order valence-corrected chi connectivity index (χ3v) is 5.51. The number of nitrogens with zero attached hydrogens (tertiary/aromatic N) is 5. The Morgan fingerprint density at radius 3 is 2.78 bits per heavy atom. The Labute approximate surface area is 182 Å². The van der Waals surface area contributed by atoms with Gasteiger partial charge in [-0.15, -0.1) is 0 Å². The monoisotopic (exact) mass is 434 g/mol. The lowest BCUT2D eigenvalue weighted by Crippen LogP contribution is -2.36. The first kappa shape index (κ1) is 20.1. The number of halogens is 1. The highest BCUT2D eigenvalue weighted by atomic mass is 19.1. The van der Waals surface area contributed by atoms with Crippen molar-refractivity contribution in [3.63, 3.8) is 0 Å². The number of aromatic nitrogens is 3. The number of nitriles is 1. The summed E-state index contributed by atoms with van der Waals surface area (Å²) >= 11 is 0. The number of fused-ring (bicyclic) bond motifs is 1. The Morgan fingerprint density at radius 1 is 1.25 bits per heavy atom. The first-order valence-electron chi connectivity index (χ1n) is 9.99. The quantitative estimate of drug-likeness (QED) is 0.552. The van der Waals surface area contributed by atoms with Gasteiger partial charge in [0, 0.05) is 24.8 Å². The van der Waals surface area contributed by atoms with E-state index in [9.17, 15) is 14.4 Å². The molecule has 4 N–H and O–H groups in total. The largest absolute Gasteiger partial charge is 0.378 e. The van der Waals surface area contributed by atoms with Crippen LogP contribution in [0.3, 0.4) is 0 Å². The Kier molecular flexibility index (Phi) is 5.02. The van der Waals surface area contributed by atoms with Gasteiger partial charge in [-0.25, -0.2) is 14.8 Å². The minimum absolute atomic E-state index is 0.0271. The fraction of sp³-hybridized carbons (Fsp3) is 0.238. The highest BCUT2D eigenvalue weighted by Crippen LogP contribution is 2.34. The molecular weight excluding hydrogens is 415 g/mol. The molecular formula is C21H19FN8O2. The van der Waals surface area contributed by atoms with Crippen LogP contribution in [0.5, 0.6) is 0 Å². The van der Waals surface area contributed by atoms with Crippen LogP contribution in [0.1, 0.15) is 17.3 Å². The topological polar surface area (TPSA) is 134 Å². The summed E-state index contributed by atoms with van der Waals surface area (Å²) in [6.45, 7) is 2.69. The van der Waals surface area contributed by atoms with E-state index in [1.165, 1.54) is 24.4 Å². The van der Waals surface area contributed by atoms with Gasteiger partial charge in [0.05, 0.1) is 48.1 Å². The zero-order valence-electron chi connectivity index (χ0n) is 16.9. The zero-order chi connectivity index (χ0) is 22.2. The molecule has 1 saturated heterocycles. The molecule has 1 unspecified atom stereocenters. The van der Waals surface area contributed by atoms with E-state index in [2.05, 4.69) is 25.7 Å². The van der Waals surface area contributed by atoms with Crippen molar-refractivity contribution in [3.05, 3.63) is 64.1 Å². The second-order valence-electron chi connectivity index (χ2n) is 7.36. The molecule has 2 aliphatic heterocycles. The van der Waals surface area contributed by atoms with Gasteiger partial charge in [-0.05, 0) is 12.1 Å². The fourth-order valence-electron chi connectivity index (χ4n) is 3.91. The van der Waals surface area contributed by atoms with Crippen LogP contribution in [0.4, 0.5) is 15.9 Å². The molecule has 0 radical (unpaired) electrons. The first-order valence-corrected chi connectivity index (χ1v) is 9.99. The Hall–Kier alpha value is -3.85. The molecule has 32 heavy (non-hydrogen) atoms. The van der Waals surface area contributed by atoms with Gasteiger partial charge in [-0.1, -0.05) is 6.07 Å². The van der Waals surface area contributed by atoms with Gasteiger partial charge in [-0.2, -0.15) is 5.26 Å². The molecule has 1 atom stereocenters. The number of pyridine rings is 1. The third kappa shape index (κ3) is 3.27. The van der Waals surface area contributed by atoms with Crippen LogP contribution in [-0.4, -0.2) is 40.8 Å². The molecule has 1 fully saturated rings. The van der Waals surface area contributed by atoms with Crippen molar-refractivity contribution in [1.29, 1.82) is 5.26 Å². The molecule has 3 aromatic rings. The van der Waals surface area contributed by atoms with Crippen molar-refractivity contribution < 1.29 is 9.13 Å². The summed E-state index contributed by atoms with van der Waals surface area (Å²) in [5.41, 5.74) is 12.8. The van der Waals surface area contributed by atoms with E-state index in [0.29, 0.717) is 36.0 Å². The second-order valence-corrected chi connectivity index (χ2v) is 7.36. The number of ether oxygens (including phenoxy) is 1. The summed E-state index contributed by atoms with van der Waals surface area (Å²) < 4.78 is 21.2. The fourth-order valence-corrected chi connectivity index (χ4v) is 3.91. The maximum atomic E-state index is 14.7. The Balaban J connectivity index is 1.67. The molecule has 2 aromatic heterocycles. The molecule has 5 rings (SSSR count).